The first-order valence-electron chi connectivity index (χ1n) is 8.99. The largest absolute Gasteiger partial charge is 0.371 e. The van der Waals surface area contributed by atoms with Crippen LogP contribution in [0.1, 0.15) is 29.7 Å². The van der Waals surface area contributed by atoms with Crippen LogP contribution in [0.3, 0.4) is 0 Å². The highest BCUT2D eigenvalue weighted by Gasteiger charge is 2.20. The number of benzene rings is 1. The quantitative estimate of drug-likeness (QED) is 0.638. The van der Waals surface area contributed by atoms with E-state index in [0.29, 0.717) is 6.04 Å². The molecule has 0 bridgehead atoms. The maximum absolute atomic E-state index is 4.45. The molecule has 0 spiro atoms. The smallest absolute Gasteiger partial charge is 0.191 e. The number of thiazole rings is 1. The Morgan fingerprint density at radius 1 is 1.28 bits per heavy atom. The summed E-state index contributed by atoms with van der Waals surface area (Å²) in [4.78, 5) is 12.6. The number of anilines is 1. The number of nitrogens with one attached hydrogen (secondary N) is 2. The lowest BCUT2D eigenvalue weighted by molar-refractivity contribution is 0.461. The van der Waals surface area contributed by atoms with Gasteiger partial charge in [-0.25, -0.2) is 4.98 Å². The van der Waals surface area contributed by atoms with Gasteiger partial charge in [0.25, 0.3) is 0 Å². The van der Waals surface area contributed by atoms with Crippen LogP contribution in [0.25, 0.3) is 0 Å². The molecule has 0 atom stereocenters. The van der Waals surface area contributed by atoms with Gasteiger partial charge in [0.2, 0.25) is 0 Å². The molecule has 2 heterocycles. The minimum Gasteiger partial charge on any atom is -0.371 e. The zero-order valence-electron chi connectivity index (χ0n) is 15.0. The van der Waals surface area contributed by atoms with Gasteiger partial charge >= 0.3 is 0 Å². The summed E-state index contributed by atoms with van der Waals surface area (Å²) in [5, 5.41) is 8.05. The zero-order chi connectivity index (χ0) is 17.5. The van der Waals surface area contributed by atoms with Crippen LogP contribution in [0, 0.1) is 0 Å². The minimum atomic E-state index is 0.466. The van der Waals surface area contributed by atoms with Crippen LogP contribution in [-0.4, -0.2) is 37.1 Å². The highest BCUT2D eigenvalue weighted by Crippen LogP contribution is 2.19. The standard InChI is InChI=1S/C19H27N5S/c1-3-17-13-21-18(25-17)14-22-19(20-2)23-15-9-11-24(12-10-15)16-7-5-4-6-8-16/h4-8,13,15H,3,9-12,14H2,1-2H3,(H2,20,22,23). The Morgan fingerprint density at radius 3 is 2.68 bits per heavy atom. The van der Waals surface area contributed by atoms with E-state index in [1.54, 1.807) is 11.3 Å². The molecule has 1 aliphatic heterocycles. The Hall–Kier alpha value is -2.08. The molecular weight excluding hydrogens is 330 g/mol. The summed E-state index contributed by atoms with van der Waals surface area (Å²) in [6.07, 6.45) is 5.25. The van der Waals surface area contributed by atoms with Gasteiger partial charge in [0.15, 0.2) is 5.96 Å². The first-order chi connectivity index (χ1) is 12.3. The highest BCUT2D eigenvalue weighted by atomic mass is 32.1. The molecule has 6 heteroatoms. The Morgan fingerprint density at radius 2 is 2.04 bits per heavy atom. The molecule has 0 radical (unpaired) electrons. The number of piperidine rings is 1. The molecule has 0 unspecified atom stereocenters. The summed E-state index contributed by atoms with van der Waals surface area (Å²) >= 11 is 1.77. The Balaban J connectivity index is 1.45. The predicted octanol–water partition coefficient (Wildman–Crippen LogP) is 3.04. The summed E-state index contributed by atoms with van der Waals surface area (Å²) in [6.45, 7) is 5.04. The Labute approximate surface area is 154 Å². The summed E-state index contributed by atoms with van der Waals surface area (Å²) in [5.74, 6) is 0.867. The number of aryl methyl sites for hydroxylation is 1. The molecule has 134 valence electrons. The van der Waals surface area contributed by atoms with Crippen molar-refractivity contribution >= 4 is 23.0 Å². The van der Waals surface area contributed by atoms with E-state index in [4.69, 9.17) is 0 Å². The van der Waals surface area contributed by atoms with Gasteiger partial charge in [0.1, 0.15) is 5.01 Å². The van der Waals surface area contributed by atoms with E-state index in [1.807, 2.05) is 13.2 Å². The first kappa shape index (κ1) is 17.7. The lowest BCUT2D eigenvalue weighted by Crippen LogP contribution is -2.48. The van der Waals surface area contributed by atoms with Crippen molar-refractivity contribution in [3.63, 3.8) is 0 Å². The van der Waals surface area contributed by atoms with E-state index in [-0.39, 0.29) is 0 Å². The van der Waals surface area contributed by atoms with E-state index in [1.165, 1.54) is 10.6 Å². The molecule has 25 heavy (non-hydrogen) atoms. The molecule has 2 aromatic rings. The Bertz CT molecular complexity index is 674. The van der Waals surface area contributed by atoms with Gasteiger partial charge in [0, 0.05) is 42.9 Å². The third-order valence-electron chi connectivity index (χ3n) is 4.54. The summed E-state index contributed by atoms with van der Waals surface area (Å²) < 4.78 is 0. The number of hydrogen-bond acceptors (Lipinski definition) is 4. The fourth-order valence-electron chi connectivity index (χ4n) is 3.06. The zero-order valence-corrected chi connectivity index (χ0v) is 15.9. The SMILES string of the molecule is CCc1cnc(CNC(=NC)NC2CCN(c3ccccc3)CC2)s1. The van der Waals surface area contributed by atoms with Gasteiger partial charge < -0.3 is 15.5 Å². The molecule has 1 fully saturated rings. The van der Waals surface area contributed by atoms with Crippen LogP contribution in [-0.2, 0) is 13.0 Å². The van der Waals surface area contributed by atoms with E-state index in [0.717, 1.165) is 49.9 Å². The Kier molecular flexibility index (Phi) is 6.28. The maximum Gasteiger partial charge on any atom is 0.191 e. The van der Waals surface area contributed by atoms with Gasteiger partial charge in [-0.15, -0.1) is 11.3 Å². The van der Waals surface area contributed by atoms with Gasteiger partial charge in [-0.3, -0.25) is 4.99 Å². The van der Waals surface area contributed by atoms with Crippen molar-refractivity contribution in [1.82, 2.24) is 15.6 Å². The normalized spacial score (nSPS) is 16.1. The van der Waals surface area contributed by atoms with Crippen molar-refractivity contribution in [1.29, 1.82) is 0 Å². The number of rotatable bonds is 5. The maximum atomic E-state index is 4.45. The van der Waals surface area contributed by atoms with Gasteiger partial charge in [-0.2, -0.15) is 0 Å². The highest BCUT2D eigenvalue weighted by molar-refractivity contribution is 7.11. The van der Waals surface area contributed by atoms with Crippen LogP contribution in [0.4, 0.5) is 5.69 Å². The summed E-state index contributed by atoms with van der Waals surface area (Å²) in [7, 11) is 1.83. The van der Waals surface area contributed by atoms with Gasteiger partial charge in [-0.1, -0.05) is 25.1 Å². The molecule has 1 aromatic heterocycles. The fourth-order valence-corrected chi connectivity index (χ4v) is 3.86. The van der Waals surface area contributed by atoms with Gasteiger partial charge in [0.05, 0.1) is 6.54 Å². The number of aliphatic imine (C=N–C) groups is 1. The van der Waals surface area contributed by atoms with E-state index in [9.17, 15) is 0 Å². The van der Waals surface area contributed by atoms with Crippen molar-refractivity contribution < 1.29 is 0 Å². The molecule has 0 amide bonds. The van der Waals surface area contributed by atoms with Crippen molar-refractivity contribution in [3.05, 3.63) is 46.4 Å². The lowest BCUT2D eigenvalue weighted by Gasteiger charge is -2.34. The van der Waals surface area contributed by atoms with Crippen LogP contribution >= 0.6 is 11.3 Å². The van der Waals surface area contributed by atoms with Crippen LogP contribution in [0.15, 0.2) is 41.5 Å². The number of aromatic nitrogens is 1. The van der Waals surface area contributed by atoms with Crippen LogP contribution in [0.2, 0.25) is 0 Å². The van der Waals surface area contributed by atoms with E-state index >= 15 is 0 Å². The monoisotopic (exact) mass is 357 g/mol. The third kappa shape index (κ3) is 4.95. The van der Waals surface area contributed by atoms with E-state index in [2.05, 4.69) is 62.8 Å². The fraction of sp³-hybridized carbons (Fsp3) is 0.474. The average Bonchev–Trinajstić information content (AvgIpc) is 3.14. The number of nitrogens with zero attached hydrogens (tertiary/aromatic N) is 3. The molecule has 3 rings (SSSR count). The topological polar surface area (TPSA) is 52.6 Å². The second-order valence-corrected chi connectivity index (χ2v) is 7.44. The van der Waals surface area contributed by atoms with Crippen molar-refractivity contribution in [3.8, 4) is 0 Å². The number of para-hydroxylation sites is 1. The van der Waals surface area contributed by atoms with Crippen molar-refractivity contribution in [2.24, 2.45) is 4.99 Å². The number of guanidine groups is 1. The molecule has 5 nitrogen and oxygen atoms in total. The second kappa shape index (κ2) is 8.85. The molecule has 1 saturated heterocycles. The molecule has 1 aliphatic rings. The average molecular weight is 358 g/mol. The third-order valence-corrected chi connectivity index (χ3v) is 5.68. The predicted molar refractivity (Wildman–Crippen MR) is 107 cm³/mol. The summed E-state index contributed by atoms with van der Waals surface area (Å²) in [6, 6.07) is 11.1. The number of hydrogen-bond donors (Lipinski definition) is 2. The molecule has 2 N–H and O–H groups in total. The minimum absolute atomic E-state index is 0.466. The van der Waals surface area contributed by atoms with Crippen molar-refractivity contribution in [2.75, 3.05) is 25.0 Å². The second-order valence-electron chi connectivity index (χ2n) is 6.24. The van der Waals surface area contributed by atoms with Crippen LogP contribution in [0.5, 0.6) is 0 Å². The molecule has 0 saturated carbocycles. The van der Waals surface area contributed by atoms with Crippen LogP contribution < -0.4 is 15.5 Å². The molecule has 0 aliphatic carbocycles. The van der Waals surface area contributed by atoms with Gasteiger partial charge in [-0.05, 0) is 31.4 Å². The molecule has 1 aromatic carbocycles. The van der Waals surface area contributed by atoms with E-state index < -0.39 is 0 Å². The van der Waals surface area contributed by atoms with Crippen molar-refractivity contribution in [2.45, 2.75) is 38.8 Å². The first-order valence-corrected chi connectivity index (χ1v) is 9.81. The molecular formula is C19H27N5S. The lowest BCUT2D eigenvalue weighted by atomic mass is 10.0. The summed E-state index contributed by atoms with van der Waals surface area (Å²) in [5.41, 5.74) is 1.32.